The summed E-state index contributed by atoms with van der Waals surface area (Å²) in [6.07, 6.45) is 0.592. The molecule has 1 aromatic heterocycles. The van der Waals surface area contributed by atoms with E-state index in [0.717, 1.165) is 20.5 Å². The van der Waals surface area contributed by atoms with Crippen LogP contribution in [0.2, 0.25) is 10.0 Å². The first kappa shape index (κ1) is 14.8. The van der Waals surface area contributed by atoms with E-state index >= 15 is 0 Å². The van der Waals surface area contributed by atoms with Crippen LogP contribution >= 0.6 is 34.5 Å². The van der Waals surface area contributed by atoms with Gasteiger partial charge in [0.15, 0.2) is 0 Å². The van der Waals surface area contributed by atoms with Crippen LogP contribution in [0.15, 0.2) is 42.5 Å². The van der Waals surface area contributed by atoms with Crippen LogP contribution in [0.3, 0.4) is 0 Å². The van der Waals surface area contributed by atoms with Gasteiger partial charge in [0.2, 0.25) is 0 Å². The third-order valence-corrected chi connectivity index (χ3v) is 5.44. The van der Waals surface area contributed by atoms with Crippen molar-refractivity contribution in [1.29, 1.82) is 0 Å². The fraction of sp³-hybridized carbons (Fsp3) is 0.125. The van der Waals surface area contributed by atoms with Gasteiger partial charge in [0.1, 0.15) is 5.82 Å². The molecule has 5 heteroatoms. The summed E-state index contributed by atoms with van der Waals surface area (Å²) in [6, 6.07) is 12.0. The monoisotopic (exact) mass is 339 g/mol. The van der Waals surface area contributed by atoms with Crippen molar-refractivity contribution in [2.45, 2.75) is 12.5 Å². The molecule has 1 nitrogen and oxygen atoms in total. The fourth-order valence-corrected chi connectivity index (χ4v) is 3.70. The first-order chi connectivity index (χ1) is 10.0. The normalized spacial score (nSPS) is 12.8. The quantitative estimate of drug-likeness (QED) is 0.661. The third kappa shape index (κ3) is 3.06. The highest BCUT2D eigenvalue weighted by atomic mass is 35.5. The Morgan fingerprint density at radius 3 is 2.76 bits per heavy atom. The summed E-state index contributed by atoms with van der Waals surface area (Å²) in [4.78, 5) is 1.01. The summed E-state index contributed by atoms with van der Waals surface area (Å²) in [5.74, 6) is -0.238. The van der Waals surface area contributed by atoms with Crippen molar-refractivity contribution >= 4 is 44.6 Å². The molecule has 0 aliphatic carbocycles. The van der Waals surface area contributed by atoms with Crippen molar-refractivity contribution in [3.63, 3.8) is 0 Å². The predicted molar refractivity (Wildman–Crippen MR) is 88.9 cm³/mol. The van der Waals surface area contributed by atoms with Gasteiger partial charge in [0, 0.05) is 15.6 Å². The van der Waals surface area contributed by atoms with Gasteiger partial charge >= 0.3 is 0 Å². The van der Waals surface area contributed by atoms with Crippen molar-refractivity contribution in [2.24, 2.45) is 5.73 Å². The van der Waals surface area contributed by atoms with E-state index in [4.69, 9.17) is 28.9 Å². The van der Waals surface area contributed by atoms with Crippen molar-refractivity contribution in [2.75, 3.05) is 0 Å². The molecular formula is C16H12Cl2FNS. The number of fused-ring (bicyclic) bond motifs is 1. The van der Waals surface area contributed by atoms with Crippen LogP contribution in [-0.4, -0.2) is 0 Å². The lowest BCUT2D eigenvalue weighted by Gasteiger charge is -2.11. The smallest absolute Gasteiger partial charge is 0.123 e. The van der Waals surface area contributed by atoms with Gasteiger partial charge in [0.25, 0.3) is 0 Å². The number of halogens is 3. The Morgan fingerprint density at radius 2 is 1.95 bits per heavy atom. The molecule has 21 heavy (non-hydrogen) atoms. The topological polar surface area (TPSA) is 26.0 Å². The standard InChI is InChI=1S/C16H12Cl2FNS/c17-12-3-1-2-9(16(12)18)7-13(20)15-8-10-6-11(19)4-5-14(10)21-15/h1-6,8,13H,7,20H2. The molecule has 2 N–H and O–H groups in total. The van der Waals surface area contributed by atoms with E-state index in [0.29, 0.717) is 16.5 Å². The zero-order chi connectivity index (χ0) is 15.0. The Kier molecular flexibility index (Phi) is 4.18. The second kappa shape index (κ2) is 5.93. The largest absolute Gasteiger partial charge is 0.323 e. The molecule has 1 atom stereocenters. The number of benzene rings is 2. The van der Waals surface area contributed by atoms with Gasteiger partial charge in [-0.15, -0.1) is 11.3 Å². The molecule has 2 aromatic carbocycles. The average Bonchev–Trinajstić information content (AvgIpc) is 2.87. The fourth-order valence-electron chi connectivity index (χ4n) is 2.26. The van der Waals surface area contributed by atoms with E-state index in [1.165, 1.54) is 12.1 Å². The highest BCUT2D eigenvalue weighted by Crippen LogP contribution is 2.33. The molecule has 1 heterocycles. The Labute approximate surface area is 136 Å². The van der Waals surface area contributed by atoms with E-state index in [-0.39, 0.29) is 11.9 Å². The molecule has 0 aliphatic heterocycles. The van der Waals surface area contributed by atoms with Gasteiger partial charge in [0.05, 0.1) is 10.0 Å². The Morgan fingerprint density at radius 1 is 1.14 bits per heavy atom. The summed E-state index contributed by atoms with van der Waals surface area (Å²) in [5.41, 5.74) is 7.18. The molecule has 108 valence electrons. The van der Waals surface area contributed by atoms with E-state index in [1.54, 1.807) is 23.5 Å². The second-order valence-corrected chi connectivity index (χ2v) is 6.75. The molecule has 1 unspecified atom stereocenters. The van der Waals surface area contributed by atoms with Crippen molar-refractivity contribution in [3.05, 3.63) is 68.8 Å². The summed E-state index contributed by atoms with van der Waals surface area (Å²) in [7, 11) is 0. The van der Waals surface area contributed by atoms with E-state index in [9.17, 15) is 4.39 Å². The molecule has 3 aromatic rings. The Hall–Kier alpha value is -1.13. The molecule has 3 rings (SSSR count). The molecule has 0 aliphatic rings. The lowest BCUT2D eigenvalue weighted by molar-refractivity contribution is 0.630. The van der Waals surface area contributed by atoms with Gasteiger partial charge in [-0.3, -0.25) is 0 Å². The van der Waals surface area contributed by atoms with Crippen LogP contribution in [0.4, 0.5) is 4.39 Å². The van der Waals surface area contributed by atoms with Crippen LogP contribution in [0.25, 0.3) is 10.1 Å². The molecule has 0 saturated heterocycles. The van der Waals surface area contributed by atoms with Gasteiger partial charge in [-0.1, -0.05) is 35.3 Å². The molecule has 0 amide bonds. The molecule has 0 radical (unpaired) electrons. The molecular weight excluding hydrogens is 328 g/mol. The highest BCUT2D eigenvalue weighted by Gasteiger charge is 2.14. The number of thiophene rings is 1. The maximum Gasteiger partial charge on any atom is 0.123 e. The minimum absolute atomic E-state index is 0.193. The van der Waals surface area contributed by atoms with Crippen molar-refractivity contribution < 1.29 is 4.39 Å². The van der Waals surface area contributed by atoms with Crippen molar-refractivity contribution in [1.82, 2.24) is 0 Å². The Balaban J connectivity index is 1.89. The lowest BCUT2D eigenvalue weighted by atomic mass is 10.0. The first-order valence-corrected chi connectivity index (χ1v) is 7.99. The van der Waals surface area contributed by atoms with Gasteiger partial charge in [-0.25, -0.2) is 4.39 Å². The van der Waals surface area contributed by atoms with Gasteiger partial charge in [-0.2, -0.15) is 0 Å². The molecule has 0 bridgehead atoms. The Bertz CT molecular complexity index is 800. The first-order valence-electron chi connectivity index (χ1n) is 6.42. The number of hydrogen-bond acceptors (Lipinski definition) is 2. The van der Waals surface area contributed by atoms with Crippen LogP contribution in [0.1, 0.15) is 16.5 Å². The zero-order valence-corrected chi connectivity index (χ0v) is 13.3. The SMILES string of the molecule is NC(Cc1cccc(Cl)c1Cl)c1cc2cc(F)ccc2s1. The predicted octanol–water partition coefficient (Wildman–Crippen LogP) is 5.59. The lowest BCUT2D eigenvalue weighted by Crippen LogP contribution is -2.12. The van der Waals surface area contributed by atoms with Gasteiger partial charge < -0.3 is 5.73 Å². The second-order valence-electron chi connectivity index (χ2n) is 4.85. The van der Waals surface area contributed by atoms with Gasteiger partial charge in [-0.05, 0) is 47.7 Å². The van der Waals surface area contributed by atoms with Crippen LogP contribution in [0.5, 0.6) is 0 Å². The molecule has 0 fully saturated rings. The van der Waals surface area contributed by atoms with E-state index < -0.39 is 0 Å². The van der Waals surface area contributed by atoms with Crippen LogP contribution in [0, 0.1) is 5.82 Å². The highest BCUT2D eigenvalue weighted by molar-refractivity contribution is 7.19. The number of rotatable bonds is 3. The number of hydrogen-bond donors (Lipinski definition) is 1. The number of nitrogens with two attached hydrogens (primary N) is 1. The van der Waals surface area contributed by atoms with E-state index in [2.05, 4.69) is 0 Å². The minimum Gasteiger partial charge on any atom is -0.323 e. The average molecular weight is 340 g/mol. The maximum atomic E-state index is 13.2. The van der Waals surface area contributed by atoms with Crippen LogP contribution in [-0.2, 0) is 6.42 Å². The van der Waals surface area contributed by atoms with Crippen molar-refractivity contribution in [3.8, 4) is 0 Å². The summed E-state index contributed by atoms with van der Waals surface area (Å²) in [6.45, 7) is 0. The zero-order valence-electron chi connectivity index (χ0n) is 10.9. The molecule has 0 spiro atoms. The maximum absolute atomic E-state index is 13.2. The summed E-state index contributed by atoms with van der Waals surface area (Å²) >= 11 is 13.8. The van der Waals surface area contributed by atoms with Crippen LogP contribution < -0.4 is 5.73 Å². The van der Waals surface area contributed by atoms with E-state index in [1.807, 2.05) is 18.2 Å². The summed E-state index contributed by atoms with van der Waals surface area (Å²) < 4.78 is 14.3. The third-order valence-electron chi connectivity index (χ3n) is 3.33. The minimum atomic E-state index is -0.238. The summed E-state index contributed by atoms with van der Waals surface area (Å²) in [5, 5.41) is 1.95. The molecule has 0 saturated carbocycles.